The molecular weight excluding hydrogens is 434 g/mol. The molecule has 1 amide bonds. The van der Waals surface area contributed by atoms with Gasteiger partial charge in [0, 0.05) is 17.0 Å². The maximum atomic E-state index is 13.4. The number of anilines is 1. The van der Waals surface area contributed by atoms with E-state index in [4.69, 9.17) is 4.98 Å². The molecular formula is C23H30ClN3OS2. The Labute approximate surface area is 194 Å². The van der Waals surface area contributed by atoms with Crippen LogP contribution < -0.4 is 4.90 Å². The monoisotopic (exact) mass is 463 g/mol. The van der Waals surface area contributed by atoms with E-state index in [1.807, 2.05) is 29.2 Å². The van der Waals surface area contributed by atoms with E-state index in [2.05, 4.69) is 51.9 Å². The van der Waals surface area contributed by atoms with E-state index >= 15 is 0 Å². The molecule has 0 unspecified atom stereocenters. The average molecular weight is 464 g/mol. The number of thiazole rings is 1. The Bertz CT molecular complexity index is 947. The lowest BCUT2D eigenvalue weighted by molar-refractivity contribution is 0.0986. The standard InChI is InChI=1S/C23H29N3OS2.ClH/c1-6-28-19-12-10-18(11-13-19)22(27)26(15-7-14-25(4)5)23-24-20-16(2)8-9-17(3)21(20)29-23;/h8-13H,6-7,14-15H2,1-5H3;1H. The fourth-order valence-electron chi connectivity index (χ4n) is 3.21. The van der Waals surface area contributed by atoms with E-state index in [1.165, 1.54) is 15.2 Å². The largest absolute Gasteiger partial charge is 0.309 e. The number of carbonyl (C=O) groups excluding carboxylic acids is 1. The Balaban J connectivity index is 0.00000320. The number of halogens is 1. The Morgan fingerprint density at radius 2 is 1.70 bits per heavy atom. The van der Waals surface area contributed by atoms with Crippen molar-refractivity contribution >= 4 is 56.8 Å². The predicted molar refractivity (Wildman–Crippen MR) is 134 cm³/mol. The predicted octanol–water partition coefficient (Wildman–Crippen LogP) is 6.05. The van der Waals surface area contributed by atoms with E-state index in [9.17, 15) is 4.79 Å². The number of benzene rings is 2. The highest BCUT2D eigenvalue weighted by Crippen LogP contribution is 2.34. The van der Waals surface area contributed by atoms with Crippen LogP contribution in [0.2, 0.25) is 0 Å². The second-order valence-electron chi connectivity index (χ2n) is 7.44. The maximum absolute atomic E-state index is 13.4. The van der Waals surface area contributed by atoms with Gasteiger partial charge in [0.1, 0.15) is 0 Å². The lowest BCUT2D eigenvalue weighted by atomic mass is 10.1. The van der Waals surface area contributed by atoms with Crippen molar-refractivity contribution in [1.29, 1.82) is 0 Å². The van der Waals surface area contributed by atoms with Gasteiger partial charge in [0.05, 0.1) is 10.2 Å². The number of amides is 1. The third-order valence-corrected chi connectivity index (χ3v) is 6.91. The summed E-state index contributed by atoms with van der Waals surface area (Å²) in [5.41, 5.74) is 4.07. The van der Waals surface area contributed by atoms with Gasteiger partial charge in [-0.2, -0.15) is 0 Å². The summed E-state index contributed by atoms with van der Waals surface area (Å²) in [6.07, 6.45) is 0.899. The molecule has 0 radical (unpaired) electrons. The van der Waals surface area contributed by atoms with Crippen LogP contribution in [0.4, 0.5) is 5.13 Å². The Kier molecular flexibility index (Phi) is 9.16. The molecule has 0 aliphatic heterocycles. The molecule has 3 rings (SSSR count). The summed E-state index contributed by atoms with van der Waals surface area (Å²) < 4.78 is 1.17. The molecule has 0 spiro atoms. The minimum absolute atomic E-state index is 0. The molecule has 2 aromatic carbocycles. The summed E-state index contributed by atoms with van der Waals surface area (Å²) in [4.78, 5) is 23.5. The first-order chi connectivity index (χ1) is 13.9. The van der Waals surface area contributed by atoms with Gasteiger partial charge < -0.3 is 4.90 Å². The van der Waals surface area contributed by atoms with Crippen LogP contribution in [0.3, 0.4) is 0 Å². The van der Waals surface area contributed by atoms with Gasteiger partial charge >= 0.3 is 0 Å². The first-order valence-electron chi connectivity index (χ1n) is 9.97. The molecule has 30 heavy (non-hydrogen) atoms. The van der Waals surface area contributed by atoms with Crippen molar-refractivity contribution in [2.75, 3.05) is 37.8 Å². The average Bonchev–Trinajstić information content (AvgIpc) is 3.15. The van der Waals surface area contributed by atoms with Crippen LogP contribution in [0.15, 0.2) is 41.3 Å². The van der Waals surface area contributed by atoms with Crippen LogP contribution in [0.25, 0.3) is 10.2 Å². The number of nitrogens with zero attached hydrogens (tertiary/aromatic N) is 3. The van der Waals surface area contributed by atoms with Gasteiger partial charge in [-0.05, 0) is 82.1 Å². The molecule has 7 heteroatoms. The highest BCUT2D eigenvalue weighted by Gasteiger charge is 2.22. The number of aryl methyl sites for hydroxylation is 2. The van der Waals surface area contributed by atoms with Gasteiger partial charge in [-0.3, -0.25) is 9.69 Å². The molecule has 162 valence electrons. The van der Waals surface area contributed by atoms with Crippen molar-refractivity contribution in [3.8, 4) is 0 Å². The van der Waals surface area contributed by atoms with Gasteiger partial charge in [0.15, 0.2) is 5.13 Å². The number of hydrogen-bond donors (Lipinski definition) is 0. The molecule has 1 heterocycles. The minimum Gasteiger partial charge on any atom is -0.309 e. The summed E-state index contributed by atoms with van der Waals surface area (Å²) in [5.74, 6) is 1.04. The summed E-state index contributed by atoms with van der Waals surface area (Å²) in [7, 11) is 4.11. The van der Waals surface area contributed by atoms with Crippen molar-refractivity contribution < 1.29 is 4.79 Å². The van der Waals surface area contributed by atoms with Gasteiger partial charge in [-0.25, -0.2) is 4.98 Å². The van der Waals surface area contributed by atoms with Crippen LogP contribution >= 0.6 is 35.5 Å². The molecule has 0 aliphatic carbocycles. The quantitative estimate of drug-likeness (QED) is 0.381. The maximum Gasteiger partial charge on any atom is 0.260 e. The van der Waals surface area contributed by atoms with Crippen LogP contribution in [0, 0.1) is 13.8 Å². The third kappa shape index (κ3) is 5.76. The zero-order valence-corrected chi connectivity index (χ0v) is 20.7. The zero-order valence-electron chi connectivity index (χ0n) is 18.3. The van der Waals surface area contributed by atoms with Gasteiger partial charge in [0.2, 0.25) is 0 Å². The minimum atomic E-state index is 0. The van der Waals surface area contributed by atoms with E-state index in [1.54, 1.807) is 23.1 Å². The summed E-state index contributed by atoms with van der Waals surface area (Å²) in [5, 5.41) is 0.785. The molecule has 0 saturated carbocycles. The Hall–Kier alpha value is -1.60. The highest BCUT2D eigenvalue weighted by molar-refractivity contribution is 7.99. The molecule has 1 aromatic heterocycles. The van der Waals surface area contributed by atoms with Crippen molar-refractivity contribution in [2.24, 2.45) is 0 Å². The van der Waals surface area contributed by atoms with E-state index < -0.39 is 0 Å². The number of rotatable bonds is 8. The number of carbonyl (C=O) groups is 1. The number of fused-ring (bicyclic) bond motifs is 1. The van der Waals surface area contributed by atoms with Crippen LogP contribution in [-0.2, 0) is 0 Å². The SMILES string of the molecule is CCSc1ccc(C(=O)N(CCCN(C)C)c2nc3c(C)ccc(C)c3s2)cc1.Cl. The molecule has 0 atom stereocenters. The van der Waals surface area contributed by atoms with Crippen LogP contribution in [0.1, 0.15) is 34.8 Å². The van der Waals surface area contributed by atoms with E-state index in [0.717, 1.165) is 34.9 Å². The summed E-state index contributed by atoms with van der Waals surface area (Å²) in [6, 6.07) is 12.2. The lowest BCUT2D eigenvalue weighted by Crippen LogP contribution is -2.33. The second-order valence-corrected chi connectivity index (χ2v) is 9.76. The normalized spacial score (nSPS) is 11.0. The van der Waals surface area contributed by atoms with Crippen molar-refractivity contribution in [2.45, 2.75) is 32.1 Å². The summed E-state index contributed by atoms with van der Waals surface area (Å²) in [6.45, 7) is 7.90. The second kappa shape index (κ2) is 11.1. The molecule has 0 saturated heterocycles. The first-order valence-corrected chi connectivity index (χ1v) is 11.8. The number of thioether (sulfide) groups is 1. The van der Waals surface area contributed by atoms with Gasteiger partial charge in [-0.15, -0.1) is 24.2 Å². The van der Waals surface area contributed by atoms with Crippen molar-refractivity contribution in [3.05, 3.63) is 53.1 Å². The summed E-state index contributed by atoms with van der Waals surface area (Å²) >= 11 is 3.40. The van der Waals surface area contributed by atoms with Crippen molar-refractivity contribution in [1.82, 2.24) is 9.88 Å². The van der Waals surface area contributed by atoms with Gasteiger partial charge in [0.25, 0.3) is 5.91 Å². The Morgan fingerprint density at radius 1 is 1.03 bits per heavy atom. The first kappa shape index (κ1) is 24.7. The van der Waals surface area contributed by atoms with Crippen molar-refractivity contribution in [3.63, 3.8) is 0 Å². The topological polar surface area (TPSA) is 36.4 Å². The molecule has 0 bridgehead atoms. The smallest absolute Gasteiger partial charge is 0.260 e. The lowest BCUT2D eigenvalue weighted by Gasteiger charge is -2.21. The van der Waals surface area contributed by atoms with E-state index in [-0.39, 0.29) is 18.3 Å². The zero-order chi connectivity index (χ0) is 21.0. The van der Waals surface area contributed by atoms with E-state index in [0.29, 0.717) is 12.1 Å². The van der Waals surface area contributed by atoms with Crippen LogP contribution in [-0.4, -0.2) is 48.7 Å². The highest BCUT2D eigenvalue weighted by atomic mass is 35.5. The fraction of sp³-hybridized carbons (Fsp3) is 0.391. The fourth-order valence-corrected chi connectivity index (χ4v) is 5.01. The third-order valence-electron chi connectivity index (χ3n) is 4.81. The molecule has 4 nitrogen and oxygen atoms in total. The molecule has 0 N–H and O–H groups in total. The Morgan fingerprint density at radius 3 is 2.30 bits per heavy atom. The molecule has 0 aliphatic rings. The number of hydrogen-bond acceptors (Lipinski definition) is 5. The molecule has 0 fully saturated rings. The number of aromatic nitrogens is 1. The van der Waals surface area contributed by atoms with Gasteiger partial charge in [-0.1, -0.05) is 30.4 Å². The van der Waals surface area contributed by atoms with Crippen LogP contribution in [0.5, 0.6) is 0 Å². The molecule has 3 aromatic rings.